The third-order valence-corrected chi connectivity index (χ3v) is 3.43. The molecule has 0 saturated carbocycles. The first-order chi connectivity index (χ1) is 11.6. The van der Waals surface area contributed by atoms with Crippen LogP contribution in [0.5, 0.6) is 0 Å². The number of carbonyl (C=O) groups is 3. The summed E-state index contributed by atoms with van der Waals surface area (Å²) in [5.74, 6) is -1.38. The van der Waals surface area contributed by atoms with Gasteiger partial charge in [0, 0.05) is 0 Å². The molecule has 2 aliphatic rings. The summed E-state index contributed by atoms with van der Waals surface area (Å²) in [7, 11) is 0. The van der Waals surface area contributed by atoms with E-state index in [2.05, 4.69) is 5.59 Å². The summed E-state index contributed by atoms with van der Waals surface area (Å²) >= 11 is 0. The van der Waals surface area contributed by atoms with Crippen LogP contribution in [0.4, 0.5) is 5.69 Å². The Bertz CT molecular complexity index is 790. The number of anilines is 1. The Morgan fingerprint density at radius 1 is 1.17 bits per heavy atom. The average molecular weight is 326 g/mol. The highest BCUT2D eigenvalue weighted by atomic mass is 16.7. The number of esters is 1. The molecular formula is C17H14N2O5. The van der Waals surface area contributed by atoms with Crippen molar-refractivity contribution < 1.29 is 24.0 Å². The number of hydrogen-bond acceptors (Lipinski definition) is 7. The molecule has 0 amide bonds. The highest BCUT2D eigenvalue weighted by Gasteiger charge is 2.33. The van der Waals surface area contributed by atoms with E-state index in [0.717, 1.165) is 0 Å². The molecule has 0 radical (unpaired) electrons. The average Bonchev–Trinajstić information content (AvgIpc) is 2.97. The Labute approximate surface area is 137 Å². The Hall–Kier alpha value is -3.19. The second-order valence-corrected chi connectivity index (χ2v) is 4.93. The summed E-state index contributed by atoms with van der Waals surface area (Å²) in [5.41, 5.74) is 3.70. The quantitative estimate of drug-likeness (QED) is 0.667. The molecule has 0 aromatic heterocycles. The van der Waals surface area contributed by atoms with Gasteiger partial charge in [-0.1, -0.05) is 17.7 Å². The van der Waals surface area contributed by atoms with Crippen molar-refractivity contribution in [2.45, 2.75) is 6.92 Å². The Morgan fingerprint density at radius 3 is 2.54 bits per heavy atom. The number of rotatable bonds is 3. The fourth-order valence-electron chi connectivity index (χ4n) is 2.31. The van der Waals surface area contributed by atoms with Crippen LogP contribution in [0.2, 0.25) is 0 Å². The van der Waals surface area contributed by atoms with Crippen molar-refractivity contribution in [2.24, 2.45) is 0 Å². The molecule has 1 heterocycles. The number of carbonyl (C=O) groups excluding carboxylic acids is 3. The molecule has 7 nitrogen and oxygen atoms in total. The lowest BCUT2D eigenvalue weighted by Crippen LogP contribution is -2.30. The number of nitrogens with zero attached hydrogens (tertiary/aromatic N) is 1. The van der Waals surface area contributed by atoms with E-state index in [1.54, 1.807) is 49.4 Å². The van der Waals surface area contributed by atoms with E-state index < -0.39 is 11.9 Å². The van der Waals surface area contributed by atoms with Crippen LogP contribution >= 0.6 is 0 Å². The second-order valence-electron chi connectivity index (χ2n) is 4.93. The van der Waals surface area contributed by atoms with E-state index in [-0.39, 0.29) is 23.7 Å². The zero-order chi connectivity index (χ0) is 17.1. The van der Waals surface area contributed by atoms with Gasteiger partial charge in [0.05, 0.1) is 23.4 Å². The maximum Gasteiger partial charge on any atom is 0.377 e. The molecule has 1 aromatic carbocycles. The second kappa shape index (κ2) is 6.51. The van der Waals surface area contributed by atoms with Gasteiger partial charge in [-0.2, -0.15) is 0 Å². The summed E-state index contributed by atoms with van der Waals surface area (Å²) in [5, 5.41) is 1.36. The molecule has 24 heavy (non-hydrogen) atoms. The molecule has 1 aliphatic heterocycles. The largest absolute Gasteiger partial charge is 0.462 e. The third-order valence-electron chi connectivity index (χ3n) is 3.43. The van der Waals surface area contributed by atoms with Gasteiger partial charge in [-0.05, 0) is 43.3 Å². The molecule has 7 heteroatoms. The summed E-state index contributed by atoms with van der Waals surface area (Å²) in [6, 6.07) is 6.38. The molecule has 3 rings (SSSR count). The number of ether oxygens (including phenoxy) is 1. The highest BCUT2D eigenvalue weighted by molar-refractivity contribution is 6.13. The Kier molecular flexibility index (Phi) is 4.26. The van der Waals surface area contributed by atoms with Gasteiger partial charge in [-0.15, -0.1) is 0 Å². The first kappa shape index (κ1) is 15.7. The SMILES string of the molecule is CCOC(=O)c1ccc(N2NOC(=O)C2=C2C=CC=CC2=O)cc1. The molecular weight excluding hydrogens is 312 g/mol. The number of hydrazine groups is 1. The smallest absolute Gasteiger partial charge is 0.377 e. The minimum atomic E-state index is -0.659. The molecule has 122 valence electrons. The van der Waals surface area contributed by atoms with Crippen molar-refractivity contribution in [1.29, 1.82) is 0 Å². The van der Waals surface area contributed by atoms with E-state index >= 15 is 0 Å². The lowest BCUT2D eigenvalue weighted by atomic mass is 10.0. The van der Waals surface area contributed by atoms with Crippen molar-refractivity contribution in [3.05, 3.63) is 65.4 Å². The number of nitrogens with one attached hydrogen (secondary N) is 1. The molecule has 1 aliphatic carbocycles. The minimum Gasteiger partial charge on any atom is -0.462 e. The summed E-state index contributed by atoms with van der Waals surface area (Å²) in [6.07, 6.45) is 6.18. The number of ketones is 1. The molecule has 1 aromatic rings. The van der Waals surface area contributed by atoms with Gasteiger partial charge in [0.25, 0.3) is 0 Å². The third kappa shape index (κ3) is 2.84. The predicted molar refractivity (Wildman–Crippen MR) is 84.4 cm³/mol. The summed E-state index contributed by atoms with van der Waals surface area (Å²) < 4.78 is 4.92. The lowest BCUT2D eigenvalue weighted by molar-refractivity contribution is -0.140. The van der Waals surface area contributed by atoms with Gasteiger partial charge in [0.15, 0.2) is 11.5 Å². The Balaban J connectivity index is 1.94. The van der Waals surface area contributed by atoms with E-state index in [9.17, 15) is 14.4 Å². The van der Waals surface area contributed by atoms with Gasteiger partial charge in [-0.3, -0.25) is 4.79 Å². The molecule has 1 fully saturated rings. The zero-order valence-corrected chi connectivity index (χ0v) is 12.8. The molecule has 0 unspecified atom stereocenters. The molecule has 0 bridgehead atoms. The molecule has 1 saturated heterocycles. The van der Waals surface area contributed by atoms with Crippen LogP contribution in [0.3, 0.4) is 0 Å². The number of allylic oxidation sites excluding steroid dienone is 5. The van der Waals surface area contributed by atoms with Crippen LogP contribution in [0.25, 0.3) is 0 Å². The van der Waals surface area contributed by atoms with Crippen LogP contribution < -0.4 is 10.6 Å². The first-order valence-corrected chi connectivity index (χ1v) is 7.29. The first-order valence-electron chi connectivity index (χ1n) is 7.29. The Morgan fingerprint density at radius 2 is 1.88 bits per heavy atom. The highest BCUT2D eigenvalue weighted by Crippen LogP contribution is 2.26. The van der Waals surface area contributed by atoms with Gasteiger partial charge in [0.2, 0.25) is 0 Å². The van der Waals surface area contributed by atoms with Gasteiger partial charge >= 0.3 is 11.9 Å². The standard InChI is InChI=1S/C17H14N2O5/c1-2-23-16(21)11-7-9-12(10-8-11)19-15(17(22)24-18-19)13-5-3-4-6-14(13)20/h3-10,18H,2H2,1H3. The van der Waals surface area contributed by atoms with Gasteiger partial charge in [0.1, 0.15) is 0 Å². The fourth-order valence-corrected chi connectivity index (χ4v) is 2.31. The van der Waals surface area contributed by atoms with Crippen LogP contribution in [-0.4, -0.2) is 24.3 Å². The molecule has 0 atom stereocenters. The van der Waals surface area contributed by atoms with Crippen LogP contribution in [0.15, 0.2) is 59.8 Å². The predicted octanol–water partition coefficient (Wildman–Crippen LogP) is 1.60. The molecule has 0 spiro atoms. The van der Waals surface area contributed by atoms with Crippen LogP contribution in [-0.2, 0) is 19.2 Å². The van der Waals surface area contributed by atoms with Crippen molar-refractivity contribution >= 4 is 23.4 Å². The number of hydrogen-bond donors (Lipinski definition) is 1. The van der Waals surface area contributed by atoms with Crippen molar-refractivity contribution in [2.75, 3.05) is 11.6 Å². The summed E-state index contributed by atoms with van der Waals surface area (Å²) in [4.78, 5) is 40.5. The maximum atomic E-state index is 12.0. The van der Waals surface area contributed by atoms with E-state index in [1.165, 1.54) is 11.1 Å². The topological polar surface area (TPSA) is 84.9 Å². The zero-order valence-electron chi connectivity index (χ0n) is 12.8. The van der Waals surface area contributed by atoms with Gasteiger partial charge < -0.3 is 9.57 Å². The van der Waals surface area contributed by atoms with E-state index in [4.69, 9.17) is 9.57 Å². The normalized spacial score (nSPS) is 19.6. The van der Waals surface area contributed by atoms with Crippen molar-refractivity contribution in [3.8, 4) is 0 Å². The van der Waals surface area contributed by atoms with Crippen molar-refractivity contribution in [3.63, 3.8) is 0 Å². The summed E-state index contributed by atoms with van der Waals surface area (Å²) in [6.45, 7) is 2.01. The molecule has 1 N–H and O–H groups in total. The number of benzene rings is 1. The van der Waals surface area contributed by atoms with Crippen LogP contribution in [0.1, 0.15) is 17.3 Å². The fraction of sp³-hybridized carbons (Fsp3) is 0.118. The van der Waals surface area contributed by atoms with Gasteiger partial charge in [-0.25, -0.2) is 14.6 Å². The van der Waals surface area contributed by atoms with Crippen molar-refractivity contribution in [1.82, 2.24) is 5.59 Å². The lowest BCUT2D eigenvalue weighted by Gasteiger charge is -2.17. The minimum absolute atomic E-state index is 0.0875. The maximum absolute atomic E-state index is 12.0. The monoisotopic (exact) mass is 326 g/mol. The van der Waals surface area contributed by atoms with E-state index in [0.29, 0.717) is 11.3 Å². The van der Waals surface area contributed by atoms with Crippen LogP contribution in [0, 0.1) is 0 Å². The van der Waals surface area contributed by atoms with E-state index in [1.807, 2.05) is 0 Å².